The van der Waals surface area contributed by atoms with Crippen LogP contribution in [0.5, 0.6) is 0 Å². The topological polar surface area (TPSA) is 54.9 Å². The van der Waals surface area contributed by atoms with E-state index in [1.165, 1.54) is 6.20 Å². The second kappa shape index (κ2) is 5.40. The number of hydrogen-bond acceptors (Lipinski definition) is 3. The van der Waals surface area contributed by atoms with Crippen molar-refractivity contribution in [3.63, 3.8) is 0 Å². The van der Waals surface area contributed by atoms with E-state index in [1.807, 2.05) is 38.1 Å². The van der Waals surface area contributed by atoms with E-state index in [4.69, 9.17) is 0 Å². The molecule has 0 aliphatic rings. The Bertz CT molecular complexity index is 549. The third-order valence-electron chi connectivity index (χ3n) is 2.71. The smallest absolute Gasteiger partial charge is 0.271 e. The summed E-state index contributed by atoms with van der Waals surface area (Å²) in [6, 6.07) is 7.95. The van der Waals surface area contributed by atoms with Crippen molar-refractivity contribution in [2.24, 2.45) is 0 Å². The Hall–Kier alpha value is -2.23. The minimum atomic E-state index is -0.203. The van der Waals surface area contributed by atoms with Crippen LogP contribution in [0, 0.1) is 13.8 Å². The second-order valence-electron chi connectivity index (χ2n) is 4.15. The van der Waals surface area contributed by atoms with E-state index in [2.05, 4.69) is 15.3 Å². The first kappa shape index (κ1) is 12.2. The molecule has 1 heterocycles. The summed E-state index contributed by atoms with van der Waals surface area (Å²) >= 11 is 0. The number of carbonyl (C=O) groups is 1. The molecule has 0 aliphatic heterocycles. The first-order chi connectivity index (χ1) is 8.66. The number of nitrogens with zero attached hydrogens (tertiary/aromatic N) is 2. The van der Waals surface area contributed by atoms with Gasteiger partial charge in [0.15, 0.2) is 0 Å². The summed E-state index contributed by atoms with van der Waals surface area (Å²) in [6.07, 6.45) is 3.07. The molecule has 0 saturated heterocycles. The summed E-state index contributed by atoms with van der Waals surface area (Å²) in [4.78, 5) is 19.9. The van der Waals surface area contributed by atoms with E-state index in [0.29, 0.717) is 12.2 Å². The Labute approximate surface area is 106 Å². The molecule has 2 aromatic rings. The molecule has 0 bridgehead atoms. The van der Waals surface area contributed by atoms with Gasteiger partial charge in [-0.2, -0.15) is 0 Å². The highest BCUT2D eigenvalue weighted by atomic mass is 16.1. The molecule has 4 heteroatoms. The summed E-state index contributed by atoms with van der Waals surface area (Å²) in [5, 5.41) is 2.83. The maximum atomic E-state index is 11.8. The van der Waals surface area contributed by atoms with Gasteiger partial charge in [0.1, 0.15) is 5.69 Å². The van der Waals surface area contributed by atoms with Gasteiger partial charge in [-0.15, -0.1) is 0 Å². The third-order valence-corrected chi connectivity index (χ3v) is 2.71. The van der Waals surface area contributed by atoms with Crippen LogP contribution in [-0.4, -0.2) is 15.9 Å². The van der Waals surface area contributed by atoms with Crippen LogP contribution in [0.3, 0.4) is 0 Å². The Morgan fingerprint density at radius 2 is 1.94 bits per heavy atom. The molecule has 0 unspecified atom stereocenters. The van der Waals surface area contributed by atoms with Crippen molar-refractivity contribution < 1.29 is 4.79 Å². The van der Waals surface area contributed by atoms with Crippen LogP contribution in [0.2, 0.25) is 0 Å². The number of nitrogens with one attached hydrogen (secondary N) is 1. The lowest BCUT2D eigenvalue weighted by atomic mass is 10.1. The zero-order valence-electron chi connectivity index (χ0n) is 10.5. The van der Waals surface area contributed by atoms with Crippen LogP contribution in [0.25, 0.3) is 0 Å². The molecule has 0 aliphatic carbocycles. The van der Waals surface area contributed by atoms with Gasteiger partial charge in [0.2, 0.25) is 0 Å². The summed E-state index contributed by atoms with van der Waals surface area (Å²) < 4.78 is 0. The molecule has 0 radical (unpaired) electrons. The monoisotopic (exact) mass is 241 g/mol. The fourth-order valence-corrected chi connectivity index (χ4v) is 1.58. The van der Waals surface area contributed by atoms with Gasteiger partial charge in [-0.25, -0.2) is 4.98 Å². The van der Waals surface area contributed by atoms with Crippen molar-refractivity contribution in [1.82, 2.24) is 15.3 Å². The number of benzene rings is 1. The average Bonchev–Trinajstić information content (AvgIpc) is 2.38. The molecule has 1 N–H and O–H groups in total. The predicted molar refractivity (Wildman–Crippen MR) is 69.1 cm³/mol. The molecule has 0 atom stereocenters. The van der Waals surface area contributed by atoms with Crippen LogP contribution in [0.4, 0.5) is 0 Å². The molecule has 0 fully saturated rings. The average molecular weight is 241 g/mol. The highest BCUT2D eigenvalue weighted by Gasteiger charge is 2.07. The maximum absolute atomic E-state index is 11.8. The summed E-state index contributed by atoms with van der Waals surface area (Å²) in [7, 11) is 0. The first-order valence-corrected chi connectivity index (χ1v) is 5.78. The van der Waals surface area contributed by atoms with Gasteiger partial charge in [0.25, 0.3) is 5.91 Å². The number of aromatic nitrogens is 2. The molecule has 1 amide bonds. The lowest BCUT2D eigenvalue weighted by Crippen LogP contribution is -2.24. The second-order valence-corrected chi connectivity index (χ2v) is 4.15. The first-order valence-electron chi connectivity index (χ1n) is 5.78. The van der Waals surface area contributed by atoms with Crippen molar-refractivity contribution in [3.05, 3.63) is 59.2 Å². The van der Waals surface area contributed by atoms with E-state index < -0.39 is 0 Å². The molecule has 2 rings (SSSR count). The van der Waals surface area contributed by atoms with Crippen molar-refractivity contribution in [1.29, 1.82) is 0 Å². The van der Waals surface area contributed by atoms with Crippen molar-refractivity contribution in [2.75, 3.05) is 0 Å². The highest BCUT2D eigenvalue weighted by Crippen LogP contribution is 2.06. The van der Waals surface area contributed by atoms with Crippen LogP contribution >= 0.6 is 0 Å². The van der Waals surface area contributed by atoms with E-state index >= 15 is 0 Å². The molecule has 1 aromatic carbocycles. The fourth-order valence-electron chi connectivity index (χ4n) is 1.58. The molecule has 92 valence electrons. The molecular formula is C14H15N3O. The SMILES string of the molecule is Cc1cnc(C(=O)NCc2ccccc2C)cn1. The molecule has 18 heavy (non-hydrogen) atoms. The number of hydrogen-bond donors (Lipinski definition) is 1. The number of carbonyl (C=O) groups excluding carboxylic acids is 1. The Morgan fingerprint density at radius 1 is 1.17 bits per heavy atom. The van der Waals surface area contributed by atoms with Gasteiger partial charge in [0, 0.05) is 12.7 Å². The van der Waals surface area contributed by atoms with Gasteiger partial charge in [-0.1, -0.05) is 24.3 Å². The van der Waals surface area contributed by atoms with Crippen LogP contribution < -0.4 is 5.32 Å². The van der Waals surface area contributed by atoms with Gasteiger partial charge in [-0.3, -0.25) is 9.78 Å². The third kappa shape index (κ3) is 2.91. The van der Waals surface area contributed by atoms with Gasteiger partial charge in [0.05, 0.1) is 11.9 Å². The summed E-state index contributed by atoms with van der Waals surface area (Å²) in [5.41, 5.74) is 3.40. The Balaban J connectivity index is 2.01. The van der Waals surface area contributed by atoms with Gasteiger partial charge in [-0.05, 0) is 25.0 Å². The highest BCUT2D eigenvalue weighted by molar-refractivity contribution is 5.91. The minimum Gasteiger partial charge on any atom is -0.347 e. The lowest BCUT2D eigenvalue weighted by molar-refractivity contribution is 0.0945. The summed E-state index contributed by atoms with van der Waals surface area (Å²) in [6.45, 7) is 4.36. The Morgan fingerprint density at radius 3 is 2.61 bits per heavy atom. The van der Waals surface area contributed by atoms with E-state index in [-0.39, 0.29) is 5.91 Å². The number of amides is 1. The van der Waals surface area contributed by atoms with Gasteiger partial charge >= 0.3 is 0 Å². The standard InChI is InChI=1S/C14H15N3O/c1-10-5-3-4-6-12(10)8-17-14(18)13-9-15-11(2)7-16-13/h3-7,9H,8H2,1-2H3,(H,17,18). The molecular weight excluding hydrogens is 226 g/mol. The van der Waals surface area contributed by atoms with E-state index in [9.17, 15) is 4.79 Å². The van der Waals surface area contributed by atoms with Gasteiger partial charge < -0.3 is 5.32 Å². The predicted octanol–water partition coefficient (Wildman–Crippen LogP) is 2.02. The molecule has 0 spiro atoms. The van der Waals surface area contributed by atoms with Crippen LogP contribution in [-0.2, 0) is 6.54 Å². The van der Waals surface area contributed by atoms with Crippen LogP contribution in [0.15, 0.2) is 36.7 Å². The fraction of sp³-hybridized carbons (Fsp3) is 0.214. The zero-order valence-corrected chi connectivity index (χ0v) is 10.5. The minimum absolute atomic E-state index is 0.203. The normalized spacial score (nSPS) is 10.1. The quantitative estimate of drug-likeness (QED) is 0.894. The molecule has 1 aromatic heterocycles. The van der Waals surface area contributed by atoms with Crippen molar-refractivity contribution in [3.8, 4) is 0 Å². The number of aryl methyl sites for hydroxylation is 2. The Kier molecular flexibility index (Phi) is 3.67. The van der Waals surface area contributed by atoms with E-state index in [0.717, 1.165) is 16.8 Å². The lowest BCUT2D eigenvalue weighted by Gasteiger charge is -2.07. The maximum Gasteiger partial charge on any atom is 0.271 e. The number of rotatable bonds is 3. The van der Waals surface area contributed by atoms with Crippen molar-refractivity contribution >= 4 is 5.91 Å². The molecule has 4 nitrogen and oxygen atoms in total. The molecule has 0 saturated carbocycles. The van der Waals surface area contributed by atoms with Crippen LogP contribution in [0.1, 0.15) is 27.3 Å². The summed E-state index contributed by atoms with van der Waals surface area (Å²) in [5.74, 6) is -0.203. The van der Waals surface area contributed by atoms with E-state index in [1.54, 1.807) is 6.20 Å². The van der Waals surface area contributed by atoms with Crippen molar-refractivity contribution in [2.45, 2.75) is 20.4 Å². The largest absolute Gasteiger partial charge is 0.347 e. The zero-order chi connectivity index (χ0) is 13.0.